The summed E-state index contributed by atoms with van der Waals surface area (Å²) in [4.78, 5) is 23.7. The van der Waals surface area contributed by atoms with E-state index in [1.807, 2.05) is 6.29 Å². The SMILES string of the molecule is O=[C]C1CCN(C(=O)C2(O)CC2)CC1. The smallest absolute Gasteiger partial charge is 0.254 e. The number of carbonyl (C=O) groups excluding carboxylic acids is 2. The Kier molecular flexibility index (Phi) is 2.31. The molecular weight excluding hydrogens is 182 g/mol. The Bertz CT molecular complexity index is 252. The molecule has 1 saturated carbocycles. The van der Waals surface area contributed by atoms with Gasteiger partial charge in [-0.3, -0.25) is 9.59 Å². The van der Waals surface area contributed by atoms with Gasteiger partial charge in [0.25, 0.3) is 5.91 Å². The molecule has 1 radical (unpaired) electrons. The molecule has 0 atom stereocenters. The van der Waals surface area contributed by atoms with Gasteiger partial charge in [-0.15, -0.1) is 0 Å². The zero-order valence-corrected chi connectivity index (χ0v) is 8.03. The maximum absolute atomic E-state index is 11.7. The molecule has 14 heavy (non-hydrogen) atoms. The average Bonchev–Trinajstić information content (AvgIpc) is 2.97. The van der Waals surface area contributed by atoms with E-state index in [1.54, 1.807) is 4.90 Å². The number of carbonyl (C=O) groups is 1. The van der Waals surface area contributed by atoms with Crippen LogP contribution >= 0.6 is 0 Å². The number of hydrogen-bond acceptors (Lipinski definition) is 3. The fourth-order valence-electron chi connectivity index (χ4n) is 1.83. The molecule has 2 rings (SSSR count). The number of hydrogen-bond donors (Lipinski definition) is 1. The standard InChI is InChI=1S/C10H14NO3/c12-7-8-1-5-11(6-2-8)9(13)10(14)3-4-10/h8,14H,1-6H2. The Morgan fingerprint density at radius 3 is 2.36 bits per heavy atom. The van der Waals surface area contributed by atoms with Crippen molar-refractivity contribution in [2.75, 3.05) is 13.1 Å². The summed E-state index contributed by atoms with van der Waals surface area (Å²) in [6.07, 6.45) is 4.52. The molecule has 4 nitrogen and oxygen atoms in total. The van der Waals surface area contributed by atoms with Gasteiger partial charge in [-0.05, 0) is 25.7 Å². The Morgan fingerprint density at radius 1 is 1.36 bits per heavy atom. The summed E-state index contributed by atoms with van der Waals surface area (Å²) >= 11 is 0. The minimum Gasteiger partial charge on any atom is -0.380 e. The van der Waals surface area contributed by atoms with Gasteiger partial charge in [-0.1, -0.05) is 0 Å². The molecule has 1 aliphatic heterocycles. The first-order valence-corrected chi connectivity index (χ1v) is 5.05. The number of aliphatic hydroxyl groups is 1. The van der Waals surface area contributed by atoms with Crippen molar-refractivity contribution in [2.45, 2.75) is 31.3 Å². The maximum Gasteiger partial charge on any atom is 0.254 e. The second-order valence-corrected chi connectivity index (χ2v) is 4.22. The molecule has 2 fully saturated rings. The molecule has 0 aromatic carbocycles. The quantitative estimate of drug-likeness (QED) is 0.668. The van der Waals surface area contributed by atoms with E-state index in [4.69, 9.17) is 0 Å². The molecule has 0 bridgehead atoms. The molecule has 77 valence electrons. The van der Waals surface area contributed by atoms with Gasteiger partial charge < -0.3 is 10.0 Å². The summed E-state index contributed by atoms with van der Waals surface area (Å²) in [6.45, 7) is 1.17. The molecule has 1 saturated heterocycles. The lowest BCUT2D eigenvalue weighted by atomic mass is 9.98. The predicted octanol–water partition coefficient (Wildman–Crippen LogP) is -0.140. The zero-order valence-electron chi connectivity index (χ0n) is 8.03. The van der Waals surface area contributed by atoms with Gasteiger partial charge >= 0.3 is 0 Å². The molecule has 0 unspecified atom stereocenters. The summed E-state index contributed by atoms with van der Waals surface area (Å²) in [7, 11) is 0. The van der Waals surface area contributed by atoms with Crippen LogP contribution in [0.5, 0.6) is 0 Å². The summed E-state index contributed by atoms with van der Waals surface area (Å²) < 4.78 is 0. The van der Waals surface area contributed by atoms with E-state index in [-0.39, 0.29) is 11.8 Å². The molecule has 2 aliphatic rings. The Balaban J connectivity index is 1.89. The first-order chi connectivity index (χ1) is 6.65. The largest absolute Gasteiger partial charge is 0.380 e. The predicted molar refractivity (Wildman–Crippen MR) is 49.2 cm³/mol. The van der Waals surface area contributed by atoms with Crippen molar-refractivity contribution >= 4 is 12.2 Å². The van der Waals surface area contributed by atoms with Crippen molar-refractivity contribution in [3.8, 4) is 0 Å². The number of amides is 1. The van der Waals surface area contributed by atoms with Crippen molar-refractivity contribution in [2.24, 2.45) is 5.92 Å². The van der Waals surface area contributed by atoms with E-state index in [0.717, 1.165) is 0 Å². The van der Waals surface area contributed by atoms with Crippen molar-refractivity contribution in [3.63, 3.8) is 0 Å². The van der Waals surface area contributed by atoms with Crippen LogP contribution in [-0.4, -0.2) is 40.9 Å². The molecule has 0 aromatic heterocycles. The molecule has 1 amide bonds. The highest BCUT2D eigenvalue weighted by Gasteiger charge is 2.50. The highest BCUT2D eigenvalue weighted by Crippen LogP contribution is 2.37. The highest BCUT2D eigenvalue weighted by molar-refractivity contribution is 5.87. The van der Waals surface area contributed by atoms with Crippen LogP contribution in [0.4, 0.5) is 0 Å². The molecule has 1 aliphatic carbocycles. The van der Waals surface area contributed by atoms with Crippen LogP contribution in [0.25, 0.3) is 0 Å². The van der Waals surface area contributed by atoms with E-state index >= 15 is 0 Å². The van der Waals surface area contributed by atoms with Crippen LogP contribution in [0.3, 0.4) is 0 Å². The Labute approximate surface area is 82.9 Å². The summed E-state index contributed by atoms with van der Waals surface area (Å²) in [5, 5.41) is 9.60. The lowest BCUT2D eigenvalue weighted by Gasteiger charge is -2.30. The van der Waals surface area contributed by atoms with E-state index in [1.165, 1.54) is 0 Å². The Morgan fingerprint density at radius 2 is 1.93 bits per heavy atom. The minimum absolute atomic E-state index is 0.0205. The van der Waals surface area contributed by atoms with Crippen molar-refractivity contribution in [1.29, 1.82) is 0 Å². The highest BCUT2D eigenvalue weighted by atomic mass is 16.3. The van der Waals surface area contributed by atoms with Crippen LogP contribution < -0.4 is 0 Å². The second-order valence-electron chi connectivity index (χ2n) is 4.22. The lowest BCUT2D eigenvalue weighted by molar-refractivity contribution is -0.143. The number of nitrogens with zero attached hydrogens (tertiary/aromatic N) is 1. The third-order valence-corrected chi connectivity index (χ3v) is 3.07. The topological polar surface area (TPSA) is 57.6 Å². The summed E-state index contributed by atoms with van der Waals surface area (Å²) in [5.41, 5.74) is -1.06. The minimum atomic E-state index is -1.06. The van der Waals surface area contributed by atoms with Crippen LogP contribution in [0.2, 0.25) is 0 Å². The average molecular weight is 196 g/mol. The normalized spacial score (nSPS) is 25.9. The van der Waals surface area contributed by atoms with Crippen molar-refractivity contribution in [3.05, 3.63) is 0 Å². The van der Waals surface area contributed by atoms with Crippen LogP contribution in [-0.2, 0) is 9.59 Å². The number of piperidine rings is 1. The third kappa shape index (κ3) is 1.66. The van der Waals surface area contributed by atoms with Gasteiger partial charge in [0, 0.05) is 19.0 Å². The van der Waals surface area contributed by atoms with Crippen molar-refractivity contribution in [1.82, 2.24) is 4.90 Å². The van der Waals surface area contributed by atoms with Crippen LogP contribution in [0.1, 0.15) is 25.7 Å². The number of rotatable bonds is 2. The first-order valence-electron chi connectivity index (χ1n) is 5.05. The molecule has 4 heteroatoms. The Hall–Kier alpha value is -0.900. The van der Waals surface area contributed by atoms with Gasteiger partial charge in [-0.25, -0.2) is 0 Å². The number of likely N-dealkylation sites (tertiary alicyclic amines) is 1. The van der Waals surface area contributed by atoms with Gasteiger partial charge in [0.2, 0.25) is 6.29 Å². The zero-order chi connectivity index (χ0) is 10.2. The van der Waals surface area contributed by atoms with Gasteiger partial charge in [0.15, 0.2) is 0 Å². The van der Waals surface area contributed by atoms with Gasteiger partial charge in [-0.2, -0.15) is 0 Å². The fourth-order valence-corrected chi connectivity index (χ4v) is 1.83. The fraction of sp³-hybridized carbons (Fsp3) is 0.800. The third-order valence-electron chi connectivity index (χ3n) is 3.07. The summed E-state index contributed by atoms with van der Waals surface area (Å²) in [6, 6.07) is 0. The summed E-state index contributed by atoms with van der Waals surface area (Å²) in [5.74, 6) is -0.172. The van der Waals surface area contributed by atoms with E-state index in [2.05, 4.69) is 0 Å². The molecule has 1 N–H and O–H groups in total. The van der Waals surface area contributed by atoms with Crippen LogP contribution in [0, 0.1) is 5.92 Å². The monoisotopic (exact) mass is 196 g/mol. The van der Waals surface area contributed by atoms with Crippen molar-refractivity contribution < 1.29 is 14.7 Å². The van der Waals surface area contributed by atoms with E-state index in [9.17, 15) is 14.7 Å². The maximum atomic E-state index is 11.7. The van der Waals surface area contributed by atoms with E-state index < -0.39 is 5.60 Å². The molecule has 0 spiro atoms. The lowest BCUT2D eigenvalue weighted by Crippen LogP contribution is -2.45. The molecular formula is C10H14NO3. The molecule has 1 heterocycles. The van der Waals surface area contributed by atoms with E-state index in [0.29, 0.717) is 38.8 Å². The first kappa shape index (κ1) is 9.65. The molecule has 0 aromatic rings. The van der Waals surface area contributed by atoms with Gasteiger partial charge in [0.1, 0.15) is 5.60 Å². The van der Waals surface area contributed by atoms with Gasteiger partial charge in [0.05, 0.1) is 0 Å². The van der Waals surface area contributed by atoms with Crippen LogP contribution in [0.15, 0.2) is 0 Å². The second kappa shape index (κ2) is 3.35.